The molecule has 0 unspecified atom stereocenters. The van der Waals surface area contributed by atoms with Gasteiger partial charge < -0.3 is 11.1 Å². The van der Waals surface area contributed by atoms with Gasteiger partial charge in [-0.25, -0.2) is 0 Å². The van der Waals surface area contributed by atoms with E-state index in [4.69, 9.17) is 5.73 Å². The van der Waals surface area contributed by atoms with Crippen molar-refractivity contribution in [1.82, 2.24) is 5.32 Å². The minimum atomic E-state index is -0.108. The molecular weight excluding hydrogens is 200 g/mol. The molecule has 1 amide bonds. The third-order valence-electron chi connectivity index (χ3n) is 3.23. The van der Waals surface area contributed by atoms with Crippen molar-refractivity contribution in [2.45, 2.75) is 31.7 Å². The van der Waals surface area contributed by atoms with E-state index >= 15 is 0 Å². The van der Waals surface area contributed by atoms with Gasteiger partial charge in [0.1, 0.15) is 0 Å². The summed E-state index contributed by atoms with van der Waals surface area (Å²) < 4.78 is 0. The molecule has 1 fully saturated rings. The maximum atomic E-state index is 11.0. The first-order chi connectivity index (χ1) is 7.79. The van der Waals surface area contributed by atoms with E-state index in [-0.39, 0.29) is 12.5 Å². The van der Waals surface area contributed by atoms with Crippen LogP contribution in [0.1, 0.15) is 36.3 Å². The maximum Gasteiger partial charge on any atom is 0.234 e. The summed E-state index contributed by atoms with van der Waals surface area (Å²) in [5.74, 6) is 0.663. The van der Waals surface area contributed by atoms with Crippen molar-refractivity contribution in [2.75, 3.05) is 6.54 Å². The van der Waals surface area contributed by atoms with Crippen molar-refractivity contribution in [2.24, 2.45) is 5.73 Å². The zero-order valence-corrected chi connectivity index (χ0v) is 9.41. The SMILES string of the molecule is NCC(=O)NCc1ccc(C2CCC2)cc1. The third kappa shape index (κ3) is 2.61. The van der Waals surface area contributed by atoms with Gasteiger partial charge in [-0.2, -0.15) is 0 Å². The lowest BCUT2D eigenvalue weighted by atomic mass is 9.80. The van der Waals surface area contributed by atoms with Crippen LogP contribution in [0, 0.1) is 0 Å². The summed E-state index contributed by atoms with van der Waals surface area (Å²) in [4.78, 5) is 11.0. The molecule has 1 aliphatic carbocycles. The van der Waals surface area contributed by atoms with Gasteiger partial charge in [-0.3, -0.25) is 4.79 Å². The molecule has 2 rings (SSSR count). The van der Waals surface area contributed by atoms with Crippen molar-refractivity contribution >= 4 is 5.91 Å². The first-order valence-corrected chi connectivity index (χ1v) is 5.85. The average molecular weight is 218 g/mol. The summed E-state index contributed by atoms with van der Waals surface area (Å²) in [5, 5.41) is 2.76. The summed E-state index contributed by atoms with van der Waals surface area (Å²) in [6, 6.07) is 8.52. The Morgan fingerprint density at radius 1 is 1.31 bits per heavy atom. The van der Waals surface area contributed by atoms with E-state index in [0.717, 1.165) is 11.5 Å². The second-order valence-electron chi connectivity index (χ2n) is 4.35. The summed E-state index contributed by atoms with van der Waals surface area (Å²) in [6.07, 6.45) is 4.01. The molecule has 0 atom stereocenters. The van der Waals surface area contributed by atoms with Crippen molar-refractivity contribution in [3.8, 4) is 0 Å². The number of rotatable bonds is 4. The molecule has 1 aromatic rings. The molecule has 3 N–H and O–H groups in total. The summed E-state index contributed by atoms with van der Waals surface area (Å²) in [5.41, 5.74) is 7.77. The Bertz CT molecular complexity index is 355. The van der Waals surface area contributed by atoms with E-state index in [2.05, 4.69) is 29.6 Å². The predicted molar refractivity (Wildman–Crippen MR) is 63.9 cm³/mol. The lowest BCUT2D eigenvalue weighted by molar-refractivity contribution is -0.119. The number of hydrogen-bond donors (Lipinski definition) is 2. The summed E-state index contributed by atoms with van der Waals surface area (Å²) >= 11 is 0. The molecule has 86 valence electrons. The predicted octanol–water partition coefficient (Wildman–Crippen LogP) is 1.53. The van der Waals surface area contributed by atoms with Crippen LogP contribution in [0.2, 0.25) is 0 Å². The summed E-state index contributed by atoms with van der Waals surface area (Å²) in [7, 11) is 0. The number of nitrogens with two attached hydrogens (primary N) is 1. The standard InChI is InChI=1S/C13H18N2O/c14-8-13(16)15-9-10-4-6-12(7-5-10)11-2-1-3-11/h4-7,11H,1-3,8-9,14H2,(H,15,16). The second-order valence-corrected chi connectivity index (χ2v) is 4.35. The summed E-state index contributed by atoms with van der Waals surface area (Å²) in [6.45, 7) is 0.626. The lowest BCUT2D eigenvalue weighted by Crippen LogP contribution is -2.29. The number of amides is 1. The van der Waals surface area contributed by atoms with Gasteiger partial charge in [-0.15, -0.1) is 0 Å². The van der Waals surface area contributed by atoms with Crippen LogP contribution in [0.25, 0.3) is 0 Å². The zero-order chi connectivity index (χ0) is 11.4. The van der Waals surface area contributed by atoms with Gasteiger partial charge in [0, 0.05) is 6.54 Å². The van der Waals surface area contributed by atoms with Gasteiger partial charge in [-0.1, -0.05) is 30.7 Å². The highest BCUT2D eigenvalue weighted by molar-refractivity contribution is 5.77. The van der Waals surface area contributed by atoms with Crippen LogP contribution in [-0.2, 0) is 11.3 Å². The molecule has 3 nitrogen and oxygen atoms in total. The minimum absolute atomic E-state index is 0.0557. The Labute approximate surface area is 96.0 Å². The minimum Gasteiger partial charge on any atom is -0.351 e. The van der Waals surface area contributed by atoms with E-state index in [1.54, 1.807) is 0 Å². The van der Waals surface area contributed by atoms with Crippen LogP contribution in [0.3, 0.4) is 0 Å². The fraction of sp³-hybridized carbons (Fsp3) is 0.462. The third-order valence-corrected chi connectivity index (χ3v) is 3.23. The number of benzene rings is 1. The molecule has 16 heavy (non-hydrogen) atoms. The smallest absolute Gasteiger partial charge is 0.234 e. The van der Waals surface area contributed by atoms with Gasteiger partial charge in [-0.05, 0) is 29.9 Å². The van der Waals surface area contributed by atoms with E-state index in [1.165, 1.54) is 24.8 Å². The van der Waals surface area contributed by atoms with Crippen LogP contribution in [0.5, 0.6) is 0 Å². The first kappa shape index (κ1) is 11.1. The molecule has 0 aliphatic heterocycles. The van der Waals surface area contributed by atoms with Crippen LogP contribution in [-0.4, -0.2) is 12.5 Å². The highest BCUT2D eigenvalue weighted by Gasteiger charge is 2.18. The number of carbonyl (C=O) groups is 1. The number of hydrogen-bond acceptors (Lipinski definition) is 2. The molecule has 0 aromatic heterocycles. The molecule has 0 saturated heterocycles. The maximum absolute atomic E-state index is 11.0. The van der Waals surface area contributed by atoms with Gasteiger partial charge >= 0.3 is 0 Å². The Morgan fingerprint density at radius 3 is 2.50 bits per heavy atom. The van der Waals surface area contributed by atoms with E-state index in [0.29, 0.717) is 6.54 Å². The Balaban J connectivity index is 1.88. The van der Waals surface area contributed by atoms with Crippen molar-refractivity contribution < 1.29 is 4.79 Å². The molecule has 0 radical (unpaired) electrons. The van der Waals surface area contributed by atoms with Gasteiger partial charge in [0.15, 0.2) is 0 Å². The Morgan fingerprint density at radius 2 is 2.00 bits per heavy atom. The van der Waals surface area contributed by atoms with Crippen molar-refractivity contribution in [1.29, 1.82) is 0 Å². The quantitative estimate of drug-likeness (QED) is 0.805. The van der Waals surface area contributed by atoms with Crippen LogP contribution >= 0.6 is 0 Å². The monoisotopic (exact) mass is 218 g/mol. The van der Waals surface area contributed by atoms with E-state index in [9.17, 15) is 4.79 Å². The molecule has 1 aromatic carbocycles. The largest absolute Gasteiger partial charge is 0.351 e. The average Bonchev–Trinajstić information content (AvgIpc) is 2.25. The Hall–Kier alpha value is -1.35. The molecule has 1 saturated carbocycles. The lowest BCUT2D eigenvalue weighted by Gasteiger charge is -2.25. The van der Waals surface area contributed by atoms with Gasteiger partial charge in [0.25, 0.3) is 0 Å². The molecule has 0 bridgehead atoms. The second kappa shape index (κ2) is 5.12. The van der Waals surface area contributed by atoms with E-state index in [1.807, 2.05) is 0 Å². The first-order valence-electron chi connectivity index (χ1n) is 5.85. The zero-order valence-electron chi connectivity index (χ0n) is 9.41. The molecule has 3 heteroatoms. The van der Waals surface area contributed by atoms with Crippen LogP contribution in [0.15, 0.2) is 24.3 Å². The van der Waals surface area contributed by atoms with Gasteiger partial charge in [0.05, 0.1) is 6.54 Å². The van der Waals surface area contributed by atoms with E-state index < -0.39 is 0 Å². The number of nitrogens with one attached hydrogen (secondary N) is 1. The fourth-order valence-corrected chi connectivity index (χ4v) is 1.92. The van der Waals surface area contributed by atoms with Crippen LogP contribution in [0.4, 0.5) is 0 Å². The highest BCUT2D eigenvalue weighted by Crippen LogP contribution is 2.36. The van der Waals surface area contributed by atoms with Gasteiger partial charge in [0.2, 0.25) is 5.91 Å². The van der Waals surface area contributed by atoms with Crippen molar-refractivity contribution in [3.63, 3.8) is 0 Å². The highest BCUT2D eigenvalue weighted by atomic mass is 16.1. The number of carbonyl (C=O) groups excluding carboxylic acids is 1. The Kier molecular flexibility index (Phi) is 3.57. The van der Waals surface area contributed by atoms with Crippen molar-refractivity contribution in [3.05, 3.63) is 35.4 Å². The fourth-order valence-electron chi connectivity index (χ4n) is 1.92. The molecule has 0 spiro atoms. The molecule has 1 aliphatic rings. The van der Waals surface area contributed by atoms with Crippen LogP contribution < -0.4 is 11.1 Å². The normalized spacial score (nSPS) is 15.6. The molecule has 0 heterocycles. The molecular formula is C13H18N2O. The topological polar surface area (TPSA) is 55.1 Å².